The van der Waals surface area contributed by atoms with Gasteiger partial charge >= 0.3 is 5.97 Å². The molecule has 1 aliphatic heterocycles. The summed E-state index contributed by atoms with van der Waals surface area (Å²) in [4.78, 5) is 29.3. The van der Waals surface area contributed by atoms with Crippen LogP contribution in [0.25, 0.3) is 0 Å². The molecule has 0 unspecified atom stereocenters. The van der Waals surface area contributed by atoms with Crippen molar-refractivity contribution in [3.05, 3.63) is 22.1 Å². The molecule has 0 aliphatic carbocycles. The Morgan fingerprint density at radius 3 is 2.63 bits per heavy atom. The molecular formula is C13H19N3O3. The van der Waals surface area contributed by atoms with Gasteiger partial charge in [0.25, 0.3) is 5.56 Å². The van der Waals surface area contributed by atoms with Crippen molar-refractivity contribution in [1.29, 1.82) is 0 Å². The molecule has 104 valence electrons. The number of aromatic nitrogens is 2. The average Bonchev–Trinajstić information content (AvgIpc) is 2.41. The van der Waals surface area contributed by atoms with Crippen molar-refractivity contribution in [2.24, 2.45) is 13.0 Å². The molecule has 1 aliphatic rings. The fraction of sp³-hybridized carbons (Fsp3) is 0.615. The summed E-state index contributed by atoms with van der Waals surface area (Å²) in [6.07, 6.45) is 1.91. The van der Waals surface area contributed by atoms with Gasteiger partial charge in [-0.15, -0.1) is 0 Å². The Bertz CT molecular complexity index is 530. The first-order valence-corrected chi connectivity index (χ1v) is 6.57. The maximum Gasteiger partial charge on any atom is 0.306 e. The van der Waals surface area contributed by atoms with Gasteiger partial charge in [0.2, 0.25) is 5.95 Å². The Morgan fingerprint density at radius 1 is 1.47 bits per heavy atom. The molecule has 2 heterocycles. The fourth-order valence-corrected chi connectivity index (χ4v) is 2.36. The van der Waals surface area contributed by atoms with Crippen molar-refractivity contribution in [3.63, 3.8) is 0 Å². The summed E-state index contributed by atoms with van der Waals surface area (Å²) in [6, 6.07) is 1.55. The lowest BCUT2D eigenvalue weighted by Crippen LogP contribution is -2.40. The molecule has 0 bridgehead atoms. The quantitative estimate of drug-likeness (QED) is 0.868. The largest absolute Gasteiger partial charge is 0.481 e. The van der Waals surface area contributed by atoms with Gasteiger partial charge in [-0.1, -0.05) is 6.92 Å². The minimum Gasteiger partial charge on any atom is -0.481 e. The van der Waals surface area contributed by atoms with Gasteiger partial charge in [-0.05, 0) is 19.3 Å². The molecule has 6 heteroatoms. The van der Waals surface area contributed by atoms with Crippen LogP contribution >= 0.6 is 0 Å². The number of anilines is 1. The van der Waals surface area contributed by atoms with E-state index >= 15 is 0 Å². The fourth-order valence-electron chi connectivity index (χ4n) is 2.36. The summed E-state index contributed by atoms with van der Waals surface area (Å²) in [5.74, 6) is -0.361. The van der Waals surface area contributed by atoms with Crippen LogP contribution in [0.15, 0.2) is 10.9 Å². The lowest BCUT2D eigenvalue weighted by Gasteiger charge is -2.31. The number of hydrogen-bond acceptors (Lipinski definition) is 4. The number of carbonyl (C=O) groups is 1. The Hall–Kier alpha value is -1.85. The van der Waals surface area contributed by atoms with Crippen molar-refractivity contribution in [3.8, 4) is 0 Å². The van der Waals surface area contributed by atoms with E-state index < -0.39 is 5.97 Å². The maximum atomic E-state index is 11.8. The highest BCUT2D eigenvalue weighted by Gasteiger charge is 2.26. The van der Waals surface area contributed by atoms with Gasteiger partial charge in [0.05, 0.1) is 5.92 Å². The smallest absolute Gasteiger partial charge is 0.306 e. The van der Waals surface area contributed by atoms with Gasteiger partial charge in [0.15, 0.2) is 0 Å². The van der Waals surface area contributed by atoms with Crippen LogP contribution in [-0.2, 0) is 18.3 Å². The van der Waals surface area contributed by atoms with Crippen LogP contribution in [0.2, 0.25) is 0 Å². The molecule has 1 saturated heterocycles. The standard InChI is InChI=1S/C13H19N3O3/c1-3-10-8-11(17)15(2)13(14-10)16-6-4-9(5-7-16)12(18)19/h8-9H,3-7H2,1-2H3,(H,18,19). The average molecular weight is 265 g/mol. The normalized spacial score (nSPS) is 16.6. The molecule has 0 radical (unpaired) electrons. The van der Waals surface area contributed by atoms with Crippen LogP contribution in [0.4, 0.5) is 5.95 Å². The van der Waals surface area contributed by atoms with Crippen LogP contribution in [0.5, 0.6) is 0 Å². The zero-order valence-corrected chi connectivity index (χ0v) is 11.3. The number of piperidine rings is 1. The first-order chi connectivity index (χ1) is 9.02. The predicted octanol–water partition coefficient (Wildman–Crippen LogP) is 0.644. The molecular weight excluding hydrogens is 246 g/mol. The first kappa shape index (κ1) is 13.6. The molecule has 0 amide bonds. The van der Waals surface area contributed by atoms with Crippen molar-refractivity contribution < 1.29 is 9.90 Å². The summed E-state index contributed by atoms with van der Waals surface area (Å²) >= 11 is 0. The van der Waals surface area contributed by atoms with Crippen LogP contribution in [-0.4, -0.2) is 33.7 Å². The van der Waals surface area contributed by atoms with Gasteiger partial charge in [-0.2, -0.15) is 0 Å². The third kappa shape index (κ3) is 2.77. The summed E-state index contributed by atoms with van der Waals surface area (Å²) in [6.45, 7) is 3.22. The number of aryl methyl sites for hydroxylation is 1. The molecule has 1 fully saturated rings. The van der Waals surface area contributed by atoms with E-state index in [4.69, 9.17) is 5.11 Å². The van der Waals surface area contributed by atoms with E-state index in [-0.39, 0.29) is 11.5 Å². The SMILES string of the molecule is CCc1cc(=O)n(C)c(N2CCC(C(=O)O)CC2)n1. The van der Waals surface area contributed by atoms with Crippen LogP contribution in [0.3, 0.4) is 0 Å². The third-order valence-electron chi connectivity index (χ3n) is 3.65. The molecule has 2 rings (SSSR count). The van der Waals surface area contributed by atoms with Crippen LogP contribution < -0.4 is 10.5 Å². The number of nitrogens with zero attached hydrogens (tertiary/aromatic N) is 3. The van der Waals surface area contributed by atoms with E-state index in [9.17, 15) is 9.59 Å². The van der Waals surface area contributed by atoms with Gasteiger partial charge in [-0.25, -0.2) is 4.98 Å². The molecule has 6 nitrogen and oxygen atoms in total. The van der Waals surface area contributed by atoms with Crippen molar-refractivity contribution >= 4 is 11.9 Å². The summed E-state index contributed by atoms with van der Waals surface area (Å²) < 4.78 is 1.53. The Labute approximate surface area is 111 Å². The highest BCUT2D eigenvalue weighted by Crippen LogP contribution is 2.21. The van der Waals surface area contributed by atoms with Gasteiger partial charge < -0.3 is 10.0 Å². The Kier molecular flexibility index (Phi) is 3.87. The molecule has 0 atom stereocenters. The monoisotopic (exact) mass is 265 g/mol. The zero-order valence-electron chi connectivity index (χ0n) is 11.3. The van der Waals surface area contributed by atoms with Crippen molar-refractivity contribution in [2.45, 2.75) is 26.2 Å². The first-order valence-electron chi connectivity index (χ1n) is 6.57. The topological polar surface area (TPSA) is 75.4 Å². The molecule has 19 heavy (non-hydrogen) atoms. The third-order valence-corrected chi connectivity index (χ3v) is 3.65. The Balaban J connectivity index is 2.22. The van der Waals surface area contributed by atoms with Gasteiger partial charge in [-0.3, -0.25) is 14.2 Å². The predicted molar refractivity (Wildman–Crippen MR) is 71.4 cm³/mol. The maximum absolute atomic E-state index is 11.8. The second-order valence-electron chi connectivity index (χ2n) is 4.90. The second-order valence-corrected chi connectivity index (χ2v) is 4.90. The van der Waals surface area contributed by atoms with E-state index in [0.29, 0.717) is 38.3 Å². The number of carboxylic acid groups (broad SMARTS) is 1. The molecule has 1 aromatic rings. The van der Waals surface area contributed by atoms with E-state index in [1.54, 1.807) is 13.1 Å². The van der Waals surface area contributed by atoms with E-state index in [2.05, 4.69) is 4.98 Å². The number of rotatable bonds is 3. The highest BCUT2D eigenvalue weighted by atomic mass is 16.4. The molecule has 0 spiro atoms. The molecule has 0 aromatic carbocycles. The molecule has 1 N–H and O–H groups in total. The number of aliphatic carboxylic acids is 1. The summed E-state index contributed by atoms with van der Waals surface area (Å²) in [5.41, 5.74) is 0.709. The van der Waals surface area contributed by atoms with Crippen LogP contribution in [0.1, 0.15) is 25.5 Å². The molecule has 0 saturated carbocycles. The summed E-state index contributed by atoms with van der Waals surface area (Å²) in [5, 5.41) is 8.99. The lowest BCUT2D eigenvalue weighted by atomic mass is 9.97. The van der Waals surface area contributed by atoms with Crippen LogP contribution in [0, 0.1) is 5.92 Å². The lowest BCUT2D eigenvalue weighted by molar-refractivity contribution is -0.142. The van der Waals surface area contributed by atoms with E-state index in [0.717, 1.165) is 5.69 Å². The number of hydrogen-bond donors (Lipinski definition) is 1. The highest BCUT2D eigenvalue weighted by molar-refractivity contribution is 5.70. The second kappa shape index (κ2) is 5.42. The van der Waals surface area contributed by atoms with E-state index in [1.807, 2.05) is 11.8 Å². The Morgan fingerprint density at radius 2 is 2.11 bits per heavy atom. The number of carboxylic acids is 1. The minimum absolute atomic E-state index is 0.0674. The van der Waals surface area contributed by atoms with E-state index in [1.165, 1.54) is 4.57 Å². The minimum atomic E-state index is -0.733. The van der Waals surface area contributed by atoms with Crippen molar-refractivity contribution in [2.75, 3.05) is 18.0 Å². The van der Waals surface area contributed by atoms with Crippen molar-refractivity contribution in [1.82, 2.24) is 9.55 Å². The van der Waals surface area contributed by atoms with Gasteiger partial charge in [0, 0.05) is 31.9 Å². The zero-order chi connectivity index (χ0) is 14.0. The van der Waals surface area contributed by atoms with Gasteiger partial charge in [0.1, 0.15) is 0 Å². The molecule has 1 aromatic heterocycles. The summed E-state index contributed by atoms with van der Waals surface area (Å²) in [7, 11) is 1.70.